The topological polar surface area (TPSA) is 82.2 Å². The lowest BCUT2D eigenvalue weighted by Gasteiger charge is -1.99. The lowest BCUT2D eigenvalue weighted by molar-refractivity contribution is 0.579. The highest BCUT2D eigenvalue weighted by molar-refractivity contribution is 7.98. The minimum Gasteiger partial charge on any atom is -0.463 e. The number of nitrogen functional groups attached to an aromatic ring is 1. The number of fused-ring (bicyclic) bond motifs is 1. The number of nitrogens with zero attached hydrogens (tertiary/aromatic N) is 4. The van der Waals surface area contributed by atoms with E-state index in [0.29, 0.717) is 28.2 Å². The highest BCUT2D eigenvalue weighted by Gasteiger charge is 2.11. The molecular weight excluding hydrogens is 238 g/mol. The molecule has 0 saturated heterocycles. The molecule has 0 saturated carbocycles. The molecule has 3 aromatic rings. The van der Waals surface area contributed by atoms with E-state index in [4.69, 9.17) is 10.2 Å². The van der Waals surface area contributed by atoms with Gasteiger partial charge < -0.3 is 10.2 Å². The Morgan fingerprint density at radius 2 is 2.29 bits per heavy atom. The molecule has 0 aromatic carbocycles. The highest BCUT2D eigenvalue weighted by Crippen LogP contribution is 2.21. The maximum Gasteiger partial charge on any atom is 0.225 e. The van der Waals surface area contributed by atoms with Crippen molar-refractivity contribution in [2.24, 2.45) is 0 Å². The molecule has 0 aliphatic carbocycles. The van der Waals surface area contributed by atoms with E-state index in [9.17, 15) is 0 Å². The summed E-state index contributed by atoms with van der Waals surface area (Å²) in [6.45, 7) is 0. The lowest BCUT2D eigenvalue weighted by atomic mass is 10.3. The summed E-state index contributed by atoms with van der Waals surface area (Å²) in [5.41, 5.74) is 7.15. The van der Waals surface area contributed by atoms with Gasteiger partial charge in [-0.05, 0) is 18.4 Å². The van der Waals surface area contributed by atoms with Crippen LogP contribution in [0.15, 0.2) is 34.0 Å². The monoisotopic (exact) mass is 247 g/mol. The van der Waals surface area contributed by atoms with Gasteiger partial charge in [0.05, 0.1) is 6.26 Å². The molecule has 0 amide bonds. The Morgan fingerprint density at radius 3 is 3.00 bits per heavy atom. The molecule has 3 rings (SSSR count). The van der Waals surface area contributed by atoms with Gasteiger partial charge in [-0.15, -0.1) is 0 Å². The average molecular weight is 247 g/mol. The van der Waals surface area contributed by atoms with Crippen LogP contribution >= 0.6 is 11.8 Å². The van der Waals surface area contributed by atoms with Gasteiger partial charge in [-0.25, -0.2) is 4.98 Å². The Hall–Kier alpha value is -2.02. The Morgan fingerprint density at radius 1 is 1.41 bits per heavy atom. The maximum atomic E-state index is 5.80. The number of furan rings is 1. The summed E-state index contributed by atoms with van der Waals surface area (Å²) in [4.78, 5) is 8.43. The van der Waals surface area contributed by atoms with Crippen LogP contribution in [-0.2, 0) is 0 Å². The second-order valence-electron chi connectivity index (χ2n) is 3.35. The van der Waals surface area contributed by atoms with Crippen molar-refractivity contribution in [3.05, 3.63) is 24.5 Å². The lowest BCUT2D eigenvalue weighted by Crippen LogP contribution is -2.04. The normalized spacial score (nSPS) is 11.1. The number of thioether (sulfide) groups is 1. The van der Waals surface area contributed by atoms with Crippen molar-refractivity contribution in [3.8, 4) is 11.5 Å². The van der Waals surface area contributed by atoms with Crippen LogP contribution in [0, 0.1) is 0 Å². The predicted octanol–water partition coefficient (Wildman–Crippen LogP) is 1.69. The van der Waals surface area contributed by atoms with E-state index in [0.717, 1.165) is 0 Å². The summed E-state index contributed by atoms with van der Waals surface area (Å²) in [6, 6.07) is 5.46. The molecule has 0 aliphatic rings. The Balaban J connectivity index is 2.22. The molecule has 0 aliphatic heterocycles. The van der Waals surface area contributed by atoms with Crippen molar-refractivity contribution in [1.82, 2.24) is 19.6 Å². The van der Waals surface area contributed by atoms with Gasteiger partial charge in [-0.2, -0.15) is 14.6 Å². The summed E-state index contributed by atoms with van der Waals surface area (Å²) in [5.74, 6) is 0.998. The third kappa shape index (κ3) is 1.64. The summed E-state index contributed by atoms with van der Waals surface area (Å²) in [6.07, 6.45) is 3.50. The van der Waals surface area contributed by atoms with Crippen molar-refractivity contribution in [1.29, 1.82) is 0 Å². The third-order valence-electron chi connectivity index (χ3n) is 2.28. The van der Waals surface area contributed by atoms with E-state index in [1.165, 1.54) is 16.3 Å². The summed E-state index contributed by atoms with van der Waals surface area (Å²) in [7, 11) is 0. The molecule has 0 atom stereocenters. The largest absolute Gasteiger partial charge is 0.463 e. The fraction of sp³-hybridized carbons (Fsp3) is 0.100. The van der Waals surface area contributed by atoms with Gasteiger partial charge in [-0.3, -0.25) is 0 Å². The zero-order valence-electron chi connectivity index (χ0n) is 8.99. The first-order valence-electron chi connectivity index (χ1n) is 4.89. The van der Waals surface area contributed by atoms with Crippen LogP contribution < -0.4 is 5.73 Å². The van der Waals surface area contributed by atoms with Crippen LogP contribution in [0.3, 0.4) is 0 Å². The second kappa shape index (κ2) is 3.77. The number of aromatic nitrogens is 4. The van der Waals surface area contributed by atoms with E-state index >= 15 is 0 Å². The van der Waals surface area contributed by atoms with Crippen LogP contribution in [0.25, 0.3) is 17.1 Å². The number of anilines is 1. The smallest absolute Gasteiger partial charge is 0.225 e. The molecule has 7 heteroatoms. The summed E-state index contributed by atoms with van der Waals surface area (Å²) in [5, 5.41) is 4.92. The van der Waals surface area contributed by atoms with E-state index in [2.05, 4.69) is 15.1 Å². The van der Waals surface area contributed by atoms with Crippen molar-refractivity contribution in [2.45, 2.75) is 5.16 Å². The molecular formula is C10H9N5OS. The first kappa shape index (κ1) is 10.2. The zero-order chi connectivity index (χ0) is 11.8. The Kier molecular flexibility index (Phi) is 2.25. The molecule has 0 radical (unpaired) electrons. The maximum absolute atomic E-state index is 5.80. The van der Waals surface area contributed by atoms with Crippen molar-refractivity contribution in [2.75, 3.05) is 12.0 Å². The number of hydrogen-bond acceptors (Lipinski definition) is 6. The summed E-state index contributed by atoms with van der Waals surface area (Å²) < 4.78 is 6.77. The van der Waals surface area contributed by atoms with Gasteiger partial charge in [0.15, 0.2) is 16.6 Å². The van der Waals surface area contributed by atoms with Crippen LogP contribution in [0.2, 0.25) is 0 Å². The predicted molar refractivity (Wildman–Crippen MR) is 64.7 cm³/mol. The first-order valence-corrected chi connectivity index (χ1v) is 6.11. The Bertz CT molecular complexity index is 661. The SMILES string of the molecule is CSc1nc(N)n2nc(-c3ccco3)cc2n1. The fourth-order valence-electron chi connectivity index (χ4n) is 1.52. The van der Waals surface area contributed by atoms with Crippen molar-refractivity contribution >= 4 is 23.4 Å². The van der Waals surface area contributed by atoms with Crippen LogP contribution in [-0.4, -0.2) is 25.8 Å². The molecule has 2 N–H and O–H groups in total. The number of rotatable bonds is 2. The van der Waals surface area contributed by atoms with Gasteiger partial charge in [0.2, 0.25) is 5.95 Å². The molecule has 0 unspecified atom stereocenters. The first-order chi connectivity index (χ1) is 8.28. The van der Waals surface area contributed by atoms with Gasteiger partial charge in [-0.1, -0.05) is 11.8 Å². The molecule has 6 nitrogen and oxygen atoms in total. The fourth-order valence-corrected chi connectivity index (χ4v) is 1.89. The van der Waals surface area contributed by atoms with Gasteiger partial charge >= 0.3 is 0 Å². The Labute approximate surface area is 101 Å². The van der Waals surface area contributed by atoms with E-state index in [1.54, 1.807) is 6.26 Å². The zero-order valence-corrected chi connectivity index (χ0v) is 9.81. The molecule has 86 valence electrons. The van der Waals surface area contributed by atoms with Crippen LogP contribution in [0.4, 0.5) is 5.95 Å². The van der Waals surface area contributed by atoms with Crippen molar-refractivity contribution < 1.29 is 4.42 Å². The average Bonchev–Trinajstić information content (AvgIpc) is 2.96. The second-order valence-corrected chi connectivity index (χ2v) is 4.12. The van der Waals surface area contributed by atoms with Crippen molar-refractivity contribution in [3.63, 3.8) is 0 Å². The highest BCUT2D eigenvalue weighted by atomic mass is 32.2. The molecule has 3 heterocycles. The molecule has 0 spiro atoms. The number of nitrogens with two attached hydrogens (primary N) is 1. The minimum atomic E-state index is 0.317. The third-order valence-corrected chi connectivity index (χ3v) is 2.83. The van der Waals surface area contributed by atoms with Crippen LogP contribution in [0.5, 0.6) is 0 Å². The van der Waals surface area contributed by atoms with Crippen LogP contribution in [0.1, 0.15) is 0 Å². The van der Waals surface area contributed by atoms with Gasteiger partial charge in [0, 0.05) is 6.07 Å². The van der Waals surface area contributed by atoms with Gasteiger partial charge in [0.1, 0.15) is 5.69 Å². The molecule has 0 fully saturated rings. The minimum absolute atomic E-state index is 0.317. The van der Waals surface area contributed by atoms with E-state index in [-0.39, 0.29) is 0 Å². The quantitative estimate of drug-likeness (QED) is 0.694. The van der Waals surface area contributed by atoms with E-state index < -0.39 is 0 Å². The standard InChI is InChI=1S/C10H9N5OS/c1-17-10-12-8-5-6(7-3-2-4-16-7)14-15(8)9(11)13-10/h2-5H,1H3,(H2,11,12,13). The summed E-state index contributed by atoms with van der Waals surface area (Å²) >= 11 is 1.44. The number of hydrogen-bond donors (Lipinski definition) is 1. The molecule has 0 bridgehead atoms. The van der Waals surface area contributed by atoms with Gasteiger partial charge in [0.25, 0.3) is 0 Å². The molecule has 3 aromatic heterocycles. The molecule has 17 heavy (non-hydrogen) atoms. The van der Waals surface area contributed by atoms with E-state index in [1.807, 2.05) is 24.5 Å².